The first-order chi connectivity index (χ1) is 9.67. The Labute approximate surface area is 132 Å². The quantitative estimate of drug-likeness (QED) is 0.492. The highest BCUT2D eigenvalue weighted by molar-refractivity contribution is 8.13. The summed E-state index contributed by atoms with van der Waals surface area (Å²) < 4.78 is 0. The zero-order valence-electron chi connectivity index (χ0n) is 11.0. The van der Waals surface area contributed by atoms with E-state index >= 15 is 0 Å². The van der Waals surface area contributed by atoms with E-state index in [2.05, 4.69) is 35.5 Å². The fourth-order valence-corrected chi connectivity index (χ4v) is 2.77. The maximum absolute atomic E-state index is 5.92. The van der Waals surface area contributed by atoms with Crippen molar-refractivity contribution in [3.05, 3.63) is 59.1 Å². The summed E-state index contributed by atoms with van der Waals surface area (Å²) in [6, 6.07) is 15.8. The summed E-state index contributed by atoms with van der Waals surface area (Å²) in [7, 11) is 0. The molecule has 2 nitrogen and oxygen atoms in total. The Morgan fingerprint density at radius 1 is 1.10 bits per heavy atom. The molecule has 2 N–H and O–H groups in total. The molecule has 2 aromatic carbocycles. The molecule has 0 fully saturated rings. The molecule has 0 radical (unpaired) electrons. The van der Waals surface area contributed by atoms with Gasteiger partial charge in [0.1, 0.15) is 0 Å². The minimum absolute atomic E-state index is 0.557. The number of aliphatic imine (C=N–C) groups is 1. The monoisotopic (exact) mass is 322 g/mol. The number of nitrogens with zero attached hydrogens (tertiary/aromatic N) is 1. The molecule has 2 rings (SSSR count). The summed E-state index contributed by atoms with van der Waals surface area (Å²) in [6.07, 6.45) is 2.07. The van der Waals surface area contributed by atoms with Gasteiger partial charge < -0.3 is 5.73 Å². The van der Waals surface area contributed by atoms with Gasteiger partial charge in [-0.25, -0.2) is 4.99 Å². The van der Waals surface area contributed by atoms with Crippen LogP contribution in [0.4, 0.5) is 5.69 Å². The van der Waals surface area contributed by atoms with Crippen LogP contribution in [0.2, 0.25) is 5.02 Å². The molecule has 2 aromatic rings. The van der Waals surface area contributed by atoms with E-state index in [1.54, 1.807) is 23.9 Å². The van der Waals surface area contributed by atoms with Crippen LogP contribution in [0.1, 0.15) is 5.56 Å². The van der Waals surface area contributed by atoms with Gasteiger partial charge in [-0.05, 0) is 48.2 Å². The van der Waals surface area contributed by atoms with Gasteiger partial charge in [0.05, 0.1) is 5.69 Å². The number of rotatable bonds is 4. The summed E-state index contributed by atoms with van der Waals surface area (Å²) in [5.41, 5.74) is 7.98. The SMILES string of the molecule is CSc1ccc(CSC(N)=Nc2ccc(Cl)cc2)cc1. The van der Waals surface area contributed by atoms with E-state index in [9.17, 15) is 0 Å². The van der Waals surface area contributed by atoms with E-state index in [0.717, 1.165) is 11.4 Å². The zero-order chi connectivity index (χ0) is 14.4. The Bertz CT molecular complexity index is 580. The van der Waals surface area contributed by atoms with Crippen LogP contribution in [0.5, 0.6) is 0 Å². The third kappa shape index (κ3) is 4.78. The molecule has 0 aliphatic carbocycles. The number of nitrogens with two attached hydrogens (primary N) is 1. The van der Waals surface area contributed by atoms with E-state index in [0.29, 0.717) is 10.2 Å². The lowest BCUT2D eigenvalue weighted by Gasteiger charge is -2.03. The first kappa shape index (κ1) is 15.3. The van der Waals surface area contributed by atoms with E-state index in [1.165, 1.54) is 22.2 Å². The highest BCUT2D eigenvalue weighted by Gasteiger charge is 1.99. The van der Waals surface area contributed by atoms with Gasteiger partial charge in [-0.2, -0.15) is 0 Å². The average molecular weight is 323 g/mol. The number of halogens is 1. The number of hydrogen-bond acceptors (Lipinski definition) is 3. The Morgan fingerprint density at radius 2 is 1.75 bits per heavy atom. The summed E-state index contributed by atoms with van der Waals surface area (Å²) in [6.45, 7) is 0. The third-order valence-electron chi connectivity index (χ3n) is 2.61. The molecule has 0 saturated carbocycles. The van der Waals surface area contributed by atoms with Crippen LogP contribution in [0.3, 0.4) is 0 Å². The van der Waals surface area contributed by atoms with Gasteiger partial charge in [-0.3, -0.25) is 0 Å². The van der Waals surface area contributed by atoms with Gasteiger partial charge in [0.2, 0.25) is 0 Å². The summed E-state index contributed by atoms with van der Waals surface area (Å²) >= 11 is 9.10. The Kier molecular flexibility index (Phi) is 5.83. The van der Waals surface area contributed by atoms with Crippen LogP contribution in [0.15, 0.2) is 58.4 Å². The maximum atomic E-state index is 5.92. The molecule has 20 heavy (non-hydrogen) atoms. The van der Waals surface area contributed by atoms with Crippen molar-refractivity contribution in [2.75, 3.05) is 6.26 Å². The lowest BCUT2D eigenvalue weighted by Crippen LogP contribution is -2.06. The van der Waals surface area contributed by atoms with Crippen molar-refractivity contribution in [1.29, 1.82) is 0 Å². The highest BCUT2D eigenvalue weighted by atomic mass is 35.5. The molecule has 104 valence electrons. The van der Waals surface area contributed by atoms with Crippen LogP contribution in [0, 0.1) is 0 Å². The molecule has 0 aliphatic rings. The van der Waals surface area contributed by atoms with Gasteiger partial charge in [-0.15, -0.1) is 11.8 Å². The second kappa shape index (κ2) is 7.62. The number of amidine groups is 1. The first-order valence-corrected chi connectivity index (χ1v) is 8.61. The molecular weight excluding hydrogens is 308 g/mol. The van der Waals surface area contributed by atoms with Gasteiger partial charge >= 0.3 is 0 Å². The molecule has 0 heterocycles. The molecule has 0 amide bonds. The van der Waals surface area contributed by atoms with Gasteiger partial charge in [0.15, 0.2) is 5.17 Å². The molecule has 0 bridgehead atoms. The van der Waals surface area contributed by atoms with Gasteiger partial charge in [0.25, 0.3) is 0 Å². The van der Waals surface area contributed by atoms with Crippen LogP contribution < -0.4 is 5.73 Å². The summed E-state index contributed by atoms with van der Waals surface area (Å²) in [5, 5.41) is 1.25. The topological polar surface area (TPSA) is 38.4 Å². The molecule has 0 unspecified atom stereocenters. The summed E-state index contributed by atoms with van der Waals surface area (Å²) in [4.78, 5) is 5.61. The Hall–Kier alpha value is -1.10. The summed E-state index contributed by atoms with van der Waals surface area (Å²) in [5.74, 6) is 0.817. The predicted molar refractivity (Wildman–Crippen MR) is 92.3 cm³/mol. The highest BCUT2D eigenvalue weighted by Crippen LogP contribution is 2.20. The lowest BCUT2D eigenvalue weighted by molar-refractivity contribution is 1.35. The van der Waals surface area contributed by atoms with E-state index in [-0.39, 0.29) is 0 Å². The van der Waals surface area contributed by atoms with Gasteiger partial charge in [0, 0.05) is 15.7 Å². The number of hydrogen-bond donors (Lipinski definition) is 1. The molecule has 5 heteroatoms. The van der Waals surface area contributed by atoms with Crippen LogP contribution in [-0.2, 0) is 5.75 Å². The maximum Gasteiger partial charge on any atom is 0.159 e. The van der Waals surface area contributed by atoms with E-state index < -0.39 is 0 Å². The van der Waals surface area contributed by atoms with Crippen LogP contribution >= 0.6 is 35.1 Å². The van der Waals surface area contributed by atoms with Crippen molar-refractivity contribution in [3.8, 4) is 0 Å². The van der Waals surface area contributed by atoms with Crippen molar-refractivity contribution >= 4 is 46.0 Å². The standard InChI is InChI=1S/C15H15ClN2S2/c1-19-14-8-2-11(3-9-14)10-20-15(17)18-13-6-4-12(16)5-7-13/h2-9H,10H2,1H3,(H2,17,18). The zero-order valence-corrected chi connectivity index (χ0v) is 13.4. The second-order valence-electron chi connectivity index (χ2n) is 4.06. The van der Waals surface area contributed by atoms with E-state index in [4.69, 9.17) is 17.3 Å². The van der Waals surface area contributed by atoms with Crippen LogP contribution in [-0.4, -0.2) is 11.4 Å². The molecule has 0 atom stereocenters. The molecule has 0 aliphatic heterocycles. The van der Waals surface area contributed by atoms with Crippen molar-refractivity contribution in [3.63, 3.8) is 0 Å². The fraction of sp³-hybridized carbons (Fsp3) is 0.133. The first-order valence-electron chi connectivity index (χ1n) is 6.03. The van der Waals surface area contributed by atoms with Gasteiger partial charge in [-0.1, -0.05) is 35.5 Å². The molecular formula is C15H15ClN2S2. The van der Waals surface area contributed by atoms with Crippen molar-refractivity contribution in [1.82, 2.24) is 0 Å². The van der Waals surface area contributed by atoms with Crippen molar-refractivity contribution in [2.45, 2.75) is 10.6 Å². The predicted octanol–water partition coefficient (Wildman–Crippen LogP) is 4.94. The third-order valence-corrected chi connectivity index (χ3v) is 4.47. The normalized spacial score (nSPS) is 11.6. The van der Waals surface area contributed by atoms with Crippen molar-refractivity contribution in [2.24, 2.45) is 10.7 Å². The minimum Gasteiger partial charge on any atom is -0.378 e. The van der Waals surface area contributed by atoms with Crippen LogP contribution in [0.25, 0.3) is 0 Å². The Balaban J connectivity index is 1.93. The minimum atomic E-state index is 0.557. The Morgan fingerprint density at radius 3 is 2.35 bits per heavy atom. The second-order valence-corrected chi connectivity index (χ2v) is 6.37. The number of thioether (sulfide) groups is 2. The molecule has 0 aromatic heterocycles. The smallest absolute Gasteiger partial charge is 0.159 e. The largest absolute Gasteiger partial charge is 0.378 e. The molecule has 0 spiro atoms. The lowest BCUT2D eigenvalue weighted by atomic mass is 10.2. The van der Waals surface area contributed by atoms with E-state index in [1.807, 2.05) is 12.1 Å². The number of benzene rings is 2. The van der Waals surface area contributed by atoms with Crippen molar-refractivity contribution < 1.29 is 0 Å². The molecule has 0 saturated heterocycles. The average Bonchev–Trinajstić information content (AvgIpc) is 2.48. The fourth-order valence-electron chi connectivity index (χ4n) is 1.55.